The van der Waals surface area contributed by atoms with Crippen LogP contribution in [0.25, 0.3) is 0 Å². The van der Waals surface area contributed by atoms with E-state index in [-0.39, 0.29) is 5.91 Å². The fourth-order valence-corrected chi connectivity index (χ4v) is 1.55. The number of hydrogen-bond acceptors (Lipinski definition) is 2. The first-order valence-electron chi connectivity index (χ1n) is 4.95. The lowest BCUT2D eigenvalue weighted by molar-refractivity contribution is 0.0651. The molecule has 4 heteroatoms. The third-order valence-corrected chi connectivity index (χ3v) is 2.62. The average molecular weight is 201 g/mol. The molecule has 0 unspecified atom stereocenters. The SMILES string of the molecule is [B]c1ccc(C(=O)N2CCC2)cc1OC. The van der Waals surface area contributed by atoms with Crippen LogP contribution in [-0.2, 0) is 0 Å². The van der Waals surface area contributed by atoms with Crippen LogP contribution in [0.5, 0.6) is 5.75 Å². The zero-order valence-corrected chi connectivity index (χ0v) is 8.69. The second kappa shape index (κ2) is 3.97. The molecule has 1 aromatic rings. The van der Waals surface area contributed by atoms with Crippen molar-refractivity contribution in [3.63, 3.8) is 0 Å². The summed E-state index contributed by atoms with van der Waals surface area (Å²) in [6.07, 6.45) is 1.10. The molecule has 1 aromatic carbocycles. The molecule has 15 heavy (non-hydrogen) atoms. The maximum Gasteiger partial charge on any atom is 0.253 e. The molecule has 0 spiro atoms. The zero-order chi connectivity index (χ0) is 10.8. The molecule has 1 amide bonds. The largest absolute Gasteiger partial charge is 0.497 e. The van der Waals surface area contributed by atoms with Crippen LogP contribution in [0.2, 0.25) is 0 Å². The van der Waals surface area contributed by atoms with Gasteiger partial charge in [0.15, 0.2) is 0 Å². The summed E-state index contributed by atoms with van der Waals surface area (Å²) >= 11 is 0. The molecular weight excluding hydrogens is 189 g/mol. The van der Waals surface area contributed by atoms with Gasteiger partial charge < -0.3 is 9.64 Å². The van der Waals surface area contributed by atoms with Crippen LogP contribution in [0, 0.1) is 0 Å². The zero-order valence-electron chi connectivity index (χ0n) is 8.69. The van der Waals surface area contributed by atoms with Gasteiger partial charge in [0.25, 0.3) is 5.91 Å². The van der Waals surface area contributed by atoms with E-state index < -0.39 is 0 Å². The van der Waals surface area contributed by atoms with E-state index in [0.717, 1.165) is 19.5 Å². The molecule has 1 aliphatic heterocycles. The van der Waals surface area contributed by atoms with Gasteiger partial charge >= 0.3 is 0 Å². The molecule has 0 saturated carbocycles. The molecule has 1 heterocycles. The highest BCUT2D eigenvalue weighted by Gasteiger charge is 2.21. The third-order valence-electron chi connectivity index (χ3n) is 2.62. The van der Waals surface area contributed by atoms with Gasteiger partial charge in [-0.1, -0.05) is 11.5 Å². The van der Waals surface area contributed by atoms with Crippen molar-refractivity contribution in [1.82, 2.24) is 4.90 Å². The minimum atomic E-state index is 0.0551. The van der Waals surface area contributed by atoms with E-state index in [0.29, 0.717) is 16.8 Å². The van der Waals surface area contributed by atoms with Crippen molar-refractivity contribution < 1.29 is 9.53 Å². The summed E-state index contributed by atoms with van der Waals surface area (Å²) in [6.45, 7) is 1.71. The molecule has 1 aliphatic rings. The molecule has 3 nitrogen and oxygen atoms in total. The van der Waals surface area contributed by atoms with Gasteiger partial charge in [0.05, 0.1) is 7.11 Å². The molecule has 2 rings (SSSR count). The number of ether oxygens (including phenoxy) is 1. The first-order valence-corrected chi connectivity index (χ1v) is 4.95. The Kier molecular flexibility index (Phi) is 2.67. The Morgan fingerprint density at radius 3 is 2.73 bits per heavy atom. The van der Waals surface area contributed by atoms with Crippen LogP contribution in [0.1, 0.15) is 16.8 Å². The Balaban J connectivity index is 2.24. The van der Waals surface area contributed by atoms with Crippen LogP contribution in [0.3, 0.4) is 0 Å². The summed E-state index contributed by atoms with van der Waals surface area (Å²) < 4.78 is 5.07. The van der Waals surface area contributed by atoms with Crippen molar-refractivity contribution in [1.29, 1.82) is 0 Å². The molecule has 0 N–H and O–H groups in total. The van der Waals surface area contributed by atoms with Crippen molar-refractivity contribution in [2.45, 2.75) is 6.42 Å². The molecule has 76 valence electrons. The van der Waals surface area contributed by atoms with E-state index in [1.807, 2.05) is 4.90 Å². The summed E-state index contributed by atoms with van der Waals surface area (Å²) in [5.41, 5.74) is 1.19. The normalized spacial score (nSPS) is 14.6. The van der Waals surface area contributed by atoms with E-state index >= 15 is 0 Å². The minimum absolute atomic E-state index is 0.0551. The second-order valence-electron chi connectivity index (χ2n) is 3.60. The van der Waals surface area contributed by atoms with Crippen molar-refractivity contribution >= 4 is 19.2 Å². The number of benzene rings is 1. The van der Waals surface area contributed by atoms with E-state index in [1.54, 1.807) is 25.3 Å². The molecule has 1 fully saturated rings. The summed E-state index contributed by atoms with van der Waals surface area (Å²) in [5, 5.41) is 0. The molecule has 1 saturated heterocycles. The van der Waals surface area contributed by atoms with Gasteiger partial charge in [-0.05, 0) is 18.6 Å². The lowest BCUT2D eigenvalue weighted by Gasteiger charge is -2.31. The van der Waals surface area contributed by atoms with Crippen LogP contribution < -0.4 is 10.2 Å². The number of amides is 1. The molecule has 0 atom stereocenters. The number of carbonyl (C=O) groups excluding carboxylic acids is 1. The molecule has 0 aromatic heterocycles. The lowest BCUT2D eigenvalue weighted by atomic mass is 9.93. The van der Waals surface area contributed by atoms with Gasteiger partial charge in [-0.25, -0.2) is 0 Å². The van der Waals surface area contributed by atoms with E-state index in [9.17, 15) is 4.79 Å². The monoisotopic (exact) mass is 201 g/mol. The van der Waals surface area contributed by atoms with Crippen molar-refractivity contribution in [3.8, 4) is 5.75 Å². The Labute approximate surface area is 90.4 Å². The first kappa shape index (κ1) is 10.1. The van der Waals surface area contributed by atoms with Crippen LogP contribution in [-0.4, -0.2) is 38.9 Å². The van der Waals surface area contributed by atoms with Gasteiger partial charge in [-0.15, -0.1) is 0 Å². The van der Waals surface area contributed by atoms with Crippen molar-refractivity contribution in [2.75, 3.05) is 20.2 Å². The second-order valence-corrected chi connectivity index (χ2v) is 3.60. The highest BCUT2D eigenvalue weighted by atomic mass is 16.5. The Morgan fingerprint density at radius 2 is 2.20 bits per heavy atom. The summed E-state index contributed by atoms with van der Waals surface area (Å²) in [7, 11) is 7.22. The topological polar surface area (TPSA) is 29.5 Å². The molecule has 0 aliphatic carbocycles. The molecular formula is C11H12BNO2. The summed E-state index contributed by atoms with van der Waals surface area (Å²) in [5.74, 6) is 0.612. The first-order chi connectivity index (χ1) is 7.22. The predicted molar refractivity (Wildman–Crippen MR) is 58.9 cm³/mol. The third kappa shape index (κ3) is 1.84. The van der Waals surface area contributed by atoms with Crippen LogP contribution in [0.4, 0.5) is 0 Å². The number of likely N-dealkylation sites (tertiary alicyclic amines) is 1. The number of nitrogens with zero attached hydrogens (tertiary/aromatic N) is 1. The molecule has 0 bridgehead atoms. The number of methoxy groups -OCH3 is 1. The standard InChI is InChI=1S/C11H12BNO2/c1-15-10-7-8(3-4-9(10)12)11(14)13-5-2-6-13/h3-4,7H,2,5-6H2,1H3. The van der Waals surface area contributed by atoms with Gasteiger partial charge in [-0.3, -0.25) is 4.79 Å². The quantitative estimate of drug-likeness (QED) is 0.645. The smallest absolute Gasteiger partial charge is 0.253 e. The Bertz CT molecular complexity index is 388. The highest BCUT2D eigenvalue weighted by molar-refractivity contribution is 6.34. The fraction of sp³-hybridized carbons (Fsp3) is 0.364. The Hall–Kier alpha value is -1.45. The van der Waals surface area contributed by atoms with Gasteiger partial charge in [-0.2, -0.15) is 0 Å². The van der Waals surface area contributed by atoms with Crippen molar-refractivity contribution in [2.24, 2.45) is 0 Å². The average Bonchev–Trinajstić information content (AvgIpc) is 2.15. The van der Waals surface area contributed by atoms with E-state index in [4.69, 9.17) is 12.6 Å². The van der Waals surface area contributed by atoms with Crippen LogP contribution >= 0.6 is 0 Å². The number of hydrogen-bond donors (Lipinski definition) is 0. The fourth-order valence-electron chi connectivity index (χ4n) is 1.55. The van der Waals surface area contributed by atoms with Gasteiger partial charge in [0, 0.05) is 18.7 Å². The van der Waals surface area contributed by atoms with Crippen LogP contribution in [0.15, 0.2) is 18.2 Å². The van der Waals surface area contributed by atoms with Gasteiger partial charge in [0.1, 0.15) is 13.6 Å². The highest BCUT2D eigenvalue weighted by Crippen LogP contribution is 2.15. The summed E-state index contributed by atoms with van der Waals surface area (Å²) in [6, 6.07) is 5.13. The number of rotatable bonds is 2. The van der Waals surface area contributed by atoms with Crippen molar-refractivity contribution in [3.05, 3.63) is 23.8 Å². The molecule has 2 radical (unpaired) electrons. The Morgan fingerprint density at radius 1 is 1.47 bits per heavy atom. The summed E-state index contributed by atoms with van der Waals surface area (Å²) in [4.78, 5) is 13.6. The van der Waals surface area contributed by atoms with E-state index in [2.05, 4.69) is 0 Å². The maximum atomic E-state index is 11.8. The maximum absolute atomic E-state index is 11.8. The lowest BCUT2D eigenvalue weighted by Crippen LogP contribution is -2.42. The minimum Gasteiger partial charge on any atom is -0.497 e. The number of carbonyl (C=O) groups is 1. The predicted octanol–water partition coefficient (Wildman–Crippen LogP) is 0.335. The van der Waals surface area contributed by atoms with Gasteiger partial charge in [0.2, 0.25) is 0 Å². The van der Waals surface area contributed by atoms with E-state index in [1.165, 1.54) is 0 Å².